The summed E-state index contributed by atoms with van der Waals surface area (Å²) in [5, 5.41) is 0. The summed E-state index contributed by atoms with van der Waals surface area (Å²) >= 11 is 0. The lowest BCUT2D eigenvalue weighted by molar-refractivity contribution is -0.0689. The highest BCUT2D eigenvalue weighted by atomic mass is 16.5. The lowest BCUT2D eigenvalue weighted by Gasteiger charge is -2.43. The topological polar surface area (TPSA) is 24.9 Å². The smallest absolute Gasteiger partial charge is 0.0625 e. The molecule has 0 spiro atoms. The van der Waals surface area contributed by atoms with Crippen molar-refractivity contribution in [3.63, 3.8) is 0 Å². The molecule has 100 valence electrons. The molecule has 2 rings (SSSR count). The van der Waals surface area contributed by atoms with Gasteiger partial charge in [0.25, 0.3) is 0 Å². The third-order valence-electron chi connectivity index (χ3n) is 3.75. The molecule has 0 aliphatic carbocycles. The van der Waals surface area contributed by atoms with Gasteiger partial charge < -0.3 is 9.47 Å². The maximum absolute atomic E-state index is 5.46. The third-order valence-corrected chi connectivity index (χ3v) is 3.75. The van der Waals surface area contributed by atoms with E-state index >= 15 is 0 Å². The zero-order chi connectivity index (χ0) is 11.9. The quantitative estimate of drug-likeness (QED) is 0.722. The second-order valence-electron chi connectivity index (χ2n) is 4.92. The van der Waals surface area contributed by atoms with Crippen molar-refractivity contribution in [3.8, 4) is 0 Å². The molecule has 0 aromatic carbocycles. The molecule has 2 saturated heterocycles. The lowest BCUT2D eigenvalue weighted by atomic mass is 10.1. The lowest BCUT2D eigenvalue weighted by Crippen LogP contribution is -2.55. The first-order chi connectivity index (χ1) is 8.42. The van der Waals surface area contributed by atoms with Crippen LogP contribution in [0.2, 0.25) is 0 Å². The van der Waals surface area contributed by atoms with Gasteiger partial charge in [0.15, 0.2) is 0 Å². The van der Waals surface area contributed by atoms with Crippen LogP contribution in [0.15, 0.2) is 0 Å². The van der Waals surface area contributed by atoms with Crippen LogP contribution in [-0.4, -0.2) is 68.6 Å². The first-order valence-corrected chi connectivity index (χ1v) is 7.05. The Kier molecular flexibility index (Phi) is 5.71. The molecule has 2 heterocycles. The molecule has 0 saturated carbocycles. The average Bonchev–Trinajstić information content (AvgIpc) is 2.42. The van der Waals surface area contributed by atoms with Crippen LogP contribution >= 0.6 is 0 Å². The van der Waals surface area contributed by atoms with Gasteiger partial charge in [-0.1, -0.05) is 19.8 Å². The fraction of sp³-hybridized carbons (Fsp3) is 1.00. The highest BCUT2D eigenvalue weighted by Gasteiger charge is 2.27. The standard InChI is InChI=1S/C13H26N2O2/c1-2-3-4-13(14-5-9-16-10-6-14)15-7-11-17-12-8-15/h13H,2-12H2,1H3. The van der Waals surface area contributed by atoms with Gasteiger partial charge in [0.05, 0.1) is 32.6 Å². The summed E-state index contributed by atoms with van der Waals surface area (Å²) in [6.07, 6.45) is 4.50. The van der Waals surface area contributed by atoms with E-state index in [1.807, 2.05) is 0 Å². The van der Waals surface area contributed by atoms with Gasteiger partial charge in [-0.15, -0.1) is 0 Å². The monoisotopic (exact) mass is 242 g/mol. The molecule has 17 heavy (non-hydrogen) atoms. The van der Waals surface area contributed by atoms with E-state index in [2.05, 4.69) is 16.7 Å². The molecular formula is C13H26N2O2. The van der Waals surface area contributed by atoms with E-state index in [4.69, 9.17) is 9.47 Å². The van der Waals surface area contributed by atoms with Crippen LogP contribution in [-0.2, 0) is 9.47 Å². The summed E-state index contributed by atoms with van der Waals surface area (Å²) < 4.78 is 10.9. The van der Waals surface area contributed by atoms with Crippen LogP contribution in [0, 0.1) is 0 Å². The van der Waals surface area contributed by atoms with Crippen molar-refractivity contribution < 1.29 is 9.47 Å². The van der Waals surface area contributed by atoms with Gasteiger partial charge in [-0.25, -0.2) is 0 Å². The number of rotatable bonds is 5. The number of morpholine rings is 2. The highest BCUT2D eigenvalue weighted by molar-refractivity contribution is 4.77. The molecule has 2 aliphatic heterocycles. The molecular weight excluding hydrogens is 216 g/mol. The van der Waals surface area contributed by atoms with Crippen molar-refractivity contribution in [2.45, 2.75) is 32.4 Å². The molecule has 0 aromatic rings. The SMILES string of the molecule is CCCCC(N1CCOCC1)N1CCOCC1. The van der Waals surface area contributed by atoms with Crippen molar-refractivity contribution in [2.75, 3.05) is 52.6 Å². The van der Waals surface area contributed by atoms with Gasteiger partial charge in [-0.2, -0.15) is 0 Å². The normalized spacial score (nSPS) is 24.4. The molecule has 0 radical (unpaired) electrons. The Morgan fingerprint density at radius 1 is 0.882 bits per heavy atom. The molecule has 4 heteroatoms. The van der Waals surface area contributed by atoms with Gasteiger partial charge in [-0.3, -0.25) is 9.80 Å². The number of hydrogen-bond acceptors (Lipinski definition) is 4. The van der Waals surface area contributed by atoms with Gasteiger partial charge in [0.2, 0.25) is 0 Å². The molecule has 0 atom stereocenters. The first-order valence-electron chi connectivity index (χ1n) is 7.05. The zero-order valence-corrected chi connectivity index (χ0v) is 11.1. The number of unbranched alkanes of at least 4 members (excludes halogenated alkanes) is 1. The fourth-order valence-electron chi connectivity index (χ4n) is 2.73. The molecule has 0 amide bonds. The Labute approximate surface area is 105 Å². The summed E-state index contributed by atoms with van der Waals surface area (Å²) in [5.74, 6) is 0. The van der Waals surface area contributed by atoms with Crippen molar-refractivity contribution >= 4 is 0 Å². The minimum Gasteiger partial charge on any atom is -0.379 e. The van der Waals surface area contributed by atoms with E-state index in [1.165, 1.54) is 19.3 Å². The van der Waals surface area contributed by atoms with Gasteiger partial charge in [0, 0.05) is 26.2 Å². The Morgan fingerprint density at radius 2 is 1.35 bits per heavy atom. The van der Waals surface area contributed by atoms with E-state index in [-0.39, 0.29) is 0 Å². The van der Waals surface area contributed by atoms with E-state index in [1.54, 1.807) is 0 Å². The van der Waals surface area contributed by atoms with Crippen molar-refractivity contribution in [1.29, 1.82) is 0 Å². The van der Waals surface area contributed by atoms with Crippen LogP contribution < -0.4 is 0 Å². The minimum atomic E-state index is 0.614. The number of hydrogen-bond donors (Lipinski definition) is 0. The number of nitrogens with zero attached hydrogens (tertiary/aromatic N) is 2. The van der Waals surface area contributed by atoms with Crippen molar-refractivity contribution in [2.24, 2.45) is 0 Å². The molecule has 0 unspecified atom stereocenters. The third kappa shape index (κ3) is 3.91. The molecule has 0 aromatic heterocycles. The molecule has 4 nitrogen and oxygen atoms in total. The first kappa shape index (κ1) is 13.3. The molecule has 2 fully saturated rings. The average molecular weight is 242 g/mol. The summed E-state index contributed by atoms with van der Waals surface area (Å²) in [7, 11) is 0. The fourth-order valence-corrected chi connectivity index (χ4v) is 2.73. The zero-order valence-electron chi connectivity index (χ0n) is 11.1. The Bertz CT molecular complexity index is 184. The van der Waals surface area contributed by atoms with Crippen molar-refractivity contribution in [3.05, 3.63) is 0 Å². The van der Waals surface area contributed by atoms with Crippen LogP contribution in [0.3, 0.4) is 0 Å². The van der Waals surface area contributed by atoms with E-state index < -0.39 is 0 Å². The minimum absolute atomic E-state index is 0.614. The number of ether oxygens (including phenoxy) is 2. The van der Waals surface area contributed by atoms with Crippen LogP contribution in [0.25, 0.3) is 0 Å². The van der Waals surface area contributed by atoms with Gasteiger partial charge in [-0.05, 0) is 6.42 Å². The maximum atomic E-state index is 5.46. The molecule has 0 bridgehead atoms. The second-order valence-corrected chi connectivity index (χ2v) is 4.92. The Morgan fingerprint density at radius 3 is 1.76 bits per heavy atom. The van der Waals surface area contributed by atoms with Crippen LogP contribution in [0.5, 0.6) is 0 Å². The van der Waals surface area contributed by atoms with Gasteiger partial charge >= 0.3 is 0 Å². The second kappa shape index (κ2) is 7.31. The Balaban J connectivity index is 1.90. The summed E-state index contributed by atoms with van der Waals surface area (Å²) in [6.45, 7) is 10.2. The largest absolute Gasteiger partial charge is 0.379 e. The molecule has 0 N–H and O–H groups in total. The van der Waals surface area contributed by atoms with Crippen LogP contribution in [0.1, 0.15) is 26.2 Å². The maximum Gasteiger partial charge on any atom is 0.0625 e. The van der Waals surface area contributed by atoms with Crippen LogP contribution in [0.4, 0.5) is 0 Å². The predicted octanol–water partition coefficient (Wildman–Crippen LogP) is 1.17. The highest BCUT2D eigenvalue weighted by Crippen LogP contribution is 2.16. The summed E-state index contributed by atoms with van der Waals surface area (Å²) in [4.78, 5) is 5.20. The van der Waals surface area contributed by atoms with Crippen molar-refractivity contribution in [1.82, 2.24) is 9.80 Å². The summed E-state index contributed by atoms with van der Waals surface area (Å²) in [5.41, 5.74) is 0. The molecule has 2 aliphatic rings. The van der Waals surface area contributed by atoms with E-state index in [0.29, 0.717) is 6.17 Å². The van der Waals surface area contributed by atoms with Gasteiger partial charge in [0.1, 0.15) is 0 Å². The Hall–Kier alpha value is -0.160. The predicted molar refractivity (Wildman–Crippen MR) is 68.1 cm³/mol. The van der Waals surface area contributed by atoms with E-state index in [0.717, 1.165) is 52.6 Å². The summed E-state index contributed by atoms with van der Waals surface area (Å²) in [6, 6.07) is 0. The van der Waals surface area contributed by atoms with E-state index in [9.17, 15) is 0 Å².